The standard InChI is InChI=1S/C13H16F3N3O/c14-13(15,16)9-19-7-6-11(8-19)18-12(20)17-10-4-2-1-3-5-10/h1-5,11H,6-9H2,(H2,17,18,20)/t11-/m0/s1. The SMILES string of the molecule is O=C(Nc1ccccc1)N[C@H]1CCN(CC(F)(F)F)C1. The normalized spacial score (nSPS) is 19.9. The Balaban J connectivity index is 1.76. The van der Waals surface area contributed by atoms with Crippen molar-refractivity contribution in [1.82, 2.24) is 10.2 Å². The predicted molar refractivity (Wildman–Crippen MR) is 69.5 cm³/mol. The summed E-state index contributed by atoms with van der Waals surface area (Å²) < 4.78 is 36.7. The average Bonchev–Trinajstić information content (AvgIpc) is 2.75. The third-order valence-corrected chi connectivity index (χ3v) is 3.04. The molecule has 0 aromatic heterocycles. The van der Waals surface area contributed by atoms with Crippen molar-refractivity contribution in [3.63, 3.8) is 0 Å². The van der Waals surface area contributed by atoms with Crippen LogP contribution in [0.25, 0.3) is 0 Å². The average molecular weight is 287 g/mol. The molecule has 0 bridgehead atoms. The molecular formula is C13H16F3N3O. The molecule has 2 rings (SSSR count). The van der Waals surface area contributed by atoms with Crippen LogP contribution in [0, 0.1) is 0 Å². The van der Waals surface area contributed by atoms with Gasteiger partial charge in [0.2, 0.25) is 0 Å². The zero-order chi connectivity index (χ0) is 14.6. The first-order valence-electron chi connectivity index (χ1n) is 6.34. The van der Waals surface area contributed by atoms with Crippen LogP contribution in [0.15, 0.2) is 30.3 Å². The molecule has 1 aromatic rings. The molecule has 1 aromatic carbocycles. The van der Waals surface area contributed by atoms with Crippen molar-refractivity contribution in [2.24, 2.45) is 0 Å². The van der Waals surface area contributed by atoms with Crippen LogP contribution in [0.2, 0.25) is 0 Å². The number of halogens is 3. The summed E-state index contributed by atoms with van der Waals surface area (Å²) in [6, 6.07) is 8.24. The van der Waals surface area contributed by atoms with Crippen molar-refractivity contribution < 1.29 is 18.0 Å². The van der Waals surface area contributed by atoms with Crippen molar-refractivity contribution in [2.75, 3.05) is 25.0 Å². The Labute approximate surface area is 114 Å². The van der Waals surface area contributed by atoms with E-state index in [2.05, 4.69) is 10.6 Å². The Morgan fingerprint density at radius 1 is 1.30 bits per heavy atom. The molecular weight excluding hydrogens is 271 g/mol. The second-order valence-electron chi connectivity index (χ2n) is 4.80. The van der Waals surface area contributed by atoms with Gasteiger partial charge in [-0.1, -0.05) is 18.2 Å². The highest BCUT2D eigenvalue weighted by Crippen LogP contribution is 2.20. The minimum Gasteiger partial charge on any atom is -0.334 e. The first kappa shape index (κ1) is 14.6. The molecule has 1 saturated heterocycles. The number of carbonyl (C=O) groups excluding carboxylic acids is 1. The Kier molecular flexibility index (Phi) is 4.49. The molecule has 7 heteroatoms. The van der Waals surface area contributed by atoms with Crippen LogP contribution < -0.4 is 10.6 Å². The highest BCUT2D eigenvalue weighted by atomic mass is 19.4. The zero-order valence-corrected chi connectivity index (χ0v) is 10.8. The number of hydrogen-bond donors (Lipinski definition) is 2. The molecule has 110 valence electrons. The van der Waals surface area contributed by atoms with Gasteiger partial charge in [-0.25, -0.2) is 4.79 Å². The molecule has 0 radical (unpaired) electrons. The Hall–Kier alpha value is -1.76. The number of benzene rings is 1. The Morgan fingerprint density at radius 3 is 2.65 bits per heavy atom. The molecule has 2 amide bonds. The van der Waals surface area contributed by atoms with Gasteiger partial charge in [0.1, 0.15) is 0 Å². The summed E-state index contributed by atoms with van der Waals surface area (Å²) in [4.78, 5) is 13.0. The highest BCUT2D eigenvalue weighted by Gasteiger charge is 2.34. The lowest BCUT2D eigenvalue weighted by Crippen LogP contribution is -2.41. The lowest BCUT2D eigenvalue weighted by molar-refractivity contribution is -0.143. The van der Waals surface area contributed by atoms with Gasteiger partial charge in [0.25, 0.3) is 0 Å². The number of amides is 2. The van der Waals surface area contributed by atoms with Gasteiger partial charge in [0, 0.05) is 24.8 Å². The van der Waals surface area contributed by atoms with Crippen LogP contribution in [-0.2, 0) is 0 Å². The van der Waals surface area contributed by atoms with Crippen molar-refractivity contribution >= 4 is 11.7 Å². The number of nitrogens with zero attached hydrogens (tertiary/aromatic N) is 1. The summed E-state index contributed by atoms with van der Waals surface area (Å²) in [5.41, 5.74) is 0.648. The van der Waals surface area contributed by atoms with E-state index < -0.39 is 18.8 Å². The van der Waals surface area contributed by atoms with Gasteiger partial charge in [-0.2, -0.15) is 13.2 Å². The van der Waals surface area contributed by atoms with Crippen molar-refractivity contribution in [3.8, 4) is 0 Å². The highest BCUT2D eigenvalue weighted by molar-refractivity contribution is 5.89. The van der Waals surface area contributed by atoms with Gasteiger partial charge >= 0.3 is 12.2 Å². The van der Waals surface area contributed by atoms with E-state index in [1.807, 2.05) is 6.07 Å². The van der Waals surface area contributed by atoms with E-state index in [0.29, 0.717) is 18.7 Å². The first-order chi connectivity index (χ1) is 9.42. The Bertz CT molecular complexity index is 450. The third-order valence-electron chi connectivity index (χ3n) is 3.04. The fourth-order valence-electron chi connectivity index (χ4n) is 2.22. The van der Waals surface area contributed by atoms with Crippen LogP contribution in [0.5, 0.6) is 0 Å². The maximum Gasteiger partial charge on any atom is 0.401 e. The smallest absolute Gasteiger partial charge is 0.334 e. The lowest BCUT2D eigenvalue weighted by atomic mass is 10.3. The topological polar surface area (TPSA) is 44.4 Å². The van der Waals surface area contributed by atoms with Gasteiger partial charge in [-0.15, -0.1) is 0 Å². The van der Waals surface area contributed by atoms with Gasteiger partial charge < -0.3 is 10.6 Å². The van der Waals surface area contributed by atoms with Gasteiger partial charge in [0.15, 0.2) is 0 Å². The van der Waals surface area contributed by atoms with E-state index in [4.69, 9.17) is 0 Å². The maximum atomic E-state index is 12.2. The molecule has 1 aliphatic rings. The predicted octanol–water partition coefficient (Wildman–Crippen LogP) is 2.44. The molecule has 2 N–H and O–H groups in total. The summed E-state index contributed by atoms with van der Waals surface area (Å²) in [6.07, 6.45) is -3.67. The van der Waals surface area contributed by atoms with Gasteiger partial charge in [0.05, 0.1) is 6.54 Å². The number of rotatable bonds is 3. The van der Waals surface area contributed by atoms with Crippen LogP contribution in [0.3, 0.4) is 0 Å². The van der Waals surface area contributed by atoms with Crippen LogP contribution >= 0.6 is 0 Å². The second-order valence-corrected chi connectivity index (χ2v) is 4.80. The number of urea groups is 1. The number of hydrogen-bond acceptors (Lipinski definition) is 2. The molecule has 0 saturated carbocycles. The lowest BCUT2D eigenvalue weighted by Gasteiger charge is -2.18. The minimum atomic E-state index is -4.19. The third kappa shape index (κ3) is 4.73. The maximum absolute atomic E-state index is 12.2. The summed E-state index contributed by atoms with van der Waals surface area (Å²) in [5.74, 6) is 0. The molecule has 1 fully saturated rings. The fraction of sp³-hybridized carbons (Fsp3) is 0.462. The van der Waals surface area contributed by atoms with Crippen LogP contribution in [0.1, 0.15) is 6.42 Å². The second kappa shape index (κ2) is 6.13. The van der Waals surface area contributed by atoms with E-state index in [-0.39, 0.29) is 12.6 Å². The number of nitrogens with one attached hydrogen (secondary N) is 2. The number of anilines is 1. The van der Waals surface area contributed by atoms with E-state index in [0.717, 1.165) is 0 Å². The number of likely N-dealkylation sites (tertiary alicyclic amines) is 1. The first-order valence-corrected chi connectivity index (χ1v) is 6.34. The molecule has 0 aliphatic carbocycles. The van der Waals surface area contributed by atoms with Gasteiger partial charge in [-0.3, -0.25) is 4.90 Å². The van der Waals surface area contributed by atoms with Crippen LogP contribution in [0.4, 0.5) is 23.7 Å². The summed E-state index contributed by atoms with van der Waals surface area (Å²) in [6.45, 7) is -0.358. The molecule has 1 aliphatic heterocycles. The van der Waals surface area contributed by atoms with E-state index in [1.54, 1.807) is 24.3 Å². The molecule has 4 nitrogen and oxygen atoms in total. The molecule has 0 spiro atoms. The van der Waals surface area contributed by atoms with E-state index in [1.165, 1.54) is 4.90 Å². The van der Waals surface area contributed by atoms with E-state index >= 15 is 0 Å². The number of alkyl halides is 3. The van der Waals surface area contributed by atoms with Crippen molar-refractivity contribution in [2.45, 2.75) is 18.6 Å². The quantitative estimate of drug-likeness (QED) is 0.897. The molecule has 1 heterocycles. The monoisotopic (exact) mass is 287 g/mol. The zero-order valence-electron chi connectivity index (χ0n) is 10.8. The number of carbonyl (C=O) groups is 1. The summed E-state index contributed by atoms with van der Waals surface area (Å²) in [7, 11) is 0. The van der Waals surface area contributed by atoms with Gasteiger partial charge in [-0.05, 0) is 18.6 Å². The van der Waals surface area contributed by atoms with Crippen LogP contribution in [-0.4, -0.2) is 42.8 Å². The Morgan fingerprint density at radius 2 is 2.00 bits per heavy atom. The van der Waals surface area contributed by atoms with E-state index in [9.17, 15) is 18.0 Å². The fourth-order valence-corrected chi connectivity index (χ4v) is 2.22. The largest absolute Gasteiger partial charge is 0.401 e. The molecule has 0 unspecified atom stereocenters. The number of para-hydroxylation sites is 1. The molecule has 20 heavy (non-hydrogen) atoms. The summed E-state index contributed by atoms with van der Waals surface area (Å²) in [5, 5.41) is 5.33. The summed E-state index contributed by atoms with van der Waals surface area (Å²) >= 11 is 0. The van der Waals surface area contributed by atoms with Crippen molar-refractivity contribution in [3.05, 3.63) is 30.3 Å². The van der Waals surface area contributed by atoms with Crippen molar-refractivity contribution in [1.29, 1.82) is 0 Å². The molecule has 1 atom stereocenters. The minimum absolute atomic E-state index is 0.224.